The van der Waals surface area contributed by atoms with Crippen LogP contribution in [0, 0.1) is 0 Å². The second-order valence-electron chi connectivity index (χ2n) is 5.39. The Morgan fingerprint density at radius 3 is 2.68 bits per heavy atom. The summed E-state index contributed by atoms with van der Waals surface area (Å²) in [5.41, 5.74) is 2.45. The highest BCUT2D eigenvalue weighted by molar-refractivity contribution is 6.36. The van der Waals surface area contributed by atoms with Gasteiger partial charge in [0.2, 0.25) is 0 Å². The summed E-state index contributed by atoms with van der Waals surface area (Å²) < 4.78 is 7.21. The van der Waals surface area contributed by atoms with Gasteiger partial charge >= 0.3 is 0 Å². The molecule has 1 saturated carbocycles. The van der Waals surface area contributed by atoms with Crippen LogP contribution in [0.3, 0.4) is 0 Å². The number of halogens is 2. The van der Waals surface area contributed by atoms with Gasteiger partial charge in [0.15, 0.2) is 17.2 Å². The Morgan fingerprint density at radius 2 is 2.00 bits per heavy atom. The fourth-order valence-corrected chi connectivity index (χ4v) is 3.04. The molecule has 0 unspecified atom stereocenters. The van der Waals surface area contributed by atoms with Crippen molar-refractivity contribution in [2.45, 2.75) is 18.8 Å². The average Bonchev–Trinajstić information content (AvgIpc) is 3.25. The van der Waals surface area contributed by atoms with Gasteiger partial charge in [-0.05, 0) is 43.2 Å². The molecule has 0 radical (unpaired) electrons. The Labute approximate surface area is 137 Å². The third-order valence-corrected chi connectivity index (χ3v) is 4.38. The molecule has 1 aliphatic carbocycles. The van der Waals surface area contributed by atoms with Crippen molar-refractivity contribution in [1.29, 1.82) is 0 Å². The predicted octanol–water partition coefficient (Wildman–Crippen LogP) is 4.59. The smallest absolute Gasteiger partial charge is 0.198 e. The molecule has 1 aromatic carbocycles. The highest BCUT2D eigenvalue weighted by Crippen LogP contribution is 2.40. The molecule has 112 valence electrons. The van der Waals surface area contributed by atoms with Crippen LogP contribution in [0.4, 0.5) is 0 Å². The van der Waals surface area contributed by atoms with Crippen molar-refractivity contribution in [3.63, 3.8) is 0 Å². The molecule has 0 spiro atoms. The van der Waals surface area contributed by atoms with Gasteiger partial charge < -0.3 is 4.74 Å². The summed E-state index contributed by atoms with van der Waals surface area (Å²) in [5, 5.41) is 5.85. The topological polar surface area (TPSA) is 39.4 Å². The lowest BCUT2D eigenvalue weighted by Crippen LogP contribution is -1.97. The van der Waals surface area contributed by atoms with E-state index in [1.54, 1.807) is 13.2 Å². The average molecular weight is 334 g/mol. The van der Waals surface area contributed by atoms with Gasteiger partial charge in [0.1, 0.15) is 0 Å². The van der Waals surface area contributed by atoms with Crippen LogP contribution >= 0.6 is 23.2 Å². The molecule has 3 aromatic rings. The third-order valence-electron chi connectivity index (χ3n) is 3.83. The number of hydrogen-bond acceptors (Lipinski definition) is 3. The van der Waals surface area contributed by atoms with Gasteiger partial charge in [0.25, 0.3) is 0 Å². The Hall–Kier alpha value is -1.78. The SMILES string of the molecule is COc1ccc(-c2ccc(Cl)cc2Cl)n2nc(C3CC3)nc12. The van der Waals surface area contributed by atoms with Crippen LogP contribution in [0.25, 0.3) is 16.9 Å². The predicted molar refractivity (Wildman–Crippen MR) is 87.0 cm³/mol. The first-order valence-corrected chi connectivity index (χ1v) is 7.82. The van der Waals surface area contributed by atoms with E-state index in [2.05, 4.69) is 10.1 Å². The molecular weight excluding hydrogens is 321 g/mol. The Morgan fingerprint density at radius 1 is 1.18 bits per heavy atom. The second-order valence-corrected chi connectivity index (χ2v) is 6.23. The summed E-state index contributed by atoms with van der Waals surface area (Å²) in [6.07, 6.45) is 2.30. The first-order chi connectivity index (χ1) is 10.7. The lowest BCUT2D eigenvalue weighted by atomic mass is 10.1. The van der Waals surface area contributed by atoms with Crippen molar-refractivity contribution in [2.75, 3.05) is 7.11 Å². The quantitative estimate of drug-likeness (QED) is 0.703. The molecule has 2 aromatic heterocycles. The second kappa shape index (κ2) is 5.14. The van der Waals surface area contributed by atoms with Gasteiger partial charge in [-0.2, -0.15) is 5.10 Å². The van der Waals surface area contributed by atoms with Crippen molar-refractivity contribution < 1.29 is 4.74 Å². The number of pyridine rings is 1. The van der Waals surface area contributed by atoms with E-state index >= 15 is 0 Å². The van der Waals surface area contributed by atoms with Gasteiger partial charge in [0, 0.05) is 16.5 Å². The van der Waals surface area contributed by atoms with Gasteiger partial charge in [-0.3, -0.25) is 0 Å². The van der Waals surface area contributed by atoms with Crippen molar-refractivity contribution in [2.24, 2.45) is 0 Å². The Bertz CT molecular complexity index is 871. The summed E-state index contributed by atoms with van der Waals surface area (Å²) in [5.74, 6) is 2.04. The highest BCUT2D eigenvalue weighted by atomic mass is 35.5. The van der Waals surface area contributed by atoms with Crippen molar-refractivity contribution >= 4 is 28.8 Å². The van der Waals surface area contributed by atoms with Gasteiger partial charge in [-0.1, -0.05) is 23.2 Å². The molecule has 0 atom stereocenters. The van der Waals surface area contributed by atoms with Gasteiger partial charge in [-0.25, -0.2) is 9.50 Å². The minimum absolute atomic E-state index is 0.471. The largest absolute Gasteiger partial charge is 0.493 e. The molecule has 0 bridgehead atoms. The van der Waals surface area contributed by atoms with Gasteiger partial charge in [0.05, 0.1) is 17.8 Å². The fourth-order valence-electron chi connectivity index (χ4n) is 2.53. The summed E-state index contributed by atoms with van der Waals surface area (Å²) in [7, 11) is 1.63. The fraction of sp³-hybridized carbons (Fsp3) is 0.250. The van der Waals surface area contributed by atoms with Crippen molar-refractivity contribution in [3.8, 4) is 17.0 Å². The molecule has 1 aliphatic rings. The summed E-state index contributed by atoms with van der Waals surface area (Å²) in [6, 6.07) is 9.27. The molecule has 0 N–H and O–H groups in total. The number of hydrogen-bond donors (Lipinski definition) is 0. The minimum Gasteiger partial charge on any atom is -0.493 e. The Balaban J connectivity index is 1.97. The standard InChI is InChI=1S/C16H13Cl2N3O/c1-22-14-7-6-13(11-5-4-10(17)8-12(11)18)21-16(14)19-15(20-21)9-2-3-9/h4-9H,2-3H2,1H3. The number of aromatic nitrogens is 3. The normalized spacial score (nSPS) is 14.5. The molecule has 22 heavy (non-hydrogen) atoms. The lowest BCUT2D eigenvalue weighted by molar-refractivity contribution is 0.416. The summed E-state index contributed by atoms with van der Waals surface area (Å²) in [6.45, 7) is 0. The molecule has 4 rings (SSSR count). The maximum absolute atomic E-state index is 6.34. The molecule has 6 heteroatoms. The molecule has 0 saturated heterocycles. The first-order valence-electron chi connectivity index (χ1n) is 7.06. The van der Waals surface area contributed by atoms with Crippen LogP contribution in [0.2, 0.25) is 10.0 Å². The van der Waals surface area contributed by atoms with Gasteiger partial charge in [-0.15, -0.1) is 0 Å². The van der Waals surface area contributed by atoms with Crippen LogP contribution in [0.15, 0.2) is 30.3 Å². The summed E-state index contributed by atoms with van der Waals surface area (Å²) in [4.78, 5) is 4.64. The van der Waals surface area contributed by atoms with E-state index < -0.39 is 0 Å². The number of benzene rings is 1. The van der Waals surface area contributed by atoms with Crippen molar-refractivity contribution in [1.82, 2.24) is 14.6 Å². The molecule has 2 heterocycles. The van der Waals surface area contributed by atoms with E-state index in [-0.39, 0.29) is 0 Å². The molecule has 1 fully saturated rings. The molecule has 0 amide bonds. The van der Waals surface area contributed by atoms with E-state index in [9.17, 15) is 0 Å². The third kappa shape index (κ3) is 2.23. The maximum Gasteiger partial charge on any atom is 0.198 e. The summed E-state index contributed by atoms with van der Waals surface area (Å²) >= 11 is 12.3. The Kier molecular flexibility index (Phi) is 3.24. The zero-order valence-corrected chi connectivity index (χ0v) is 13.4. The number of nitrogens with zero attached hydrogens (tertiary/aromatic N) is 3. The van der Waals surface area contributed by atoms with Crippen molar-refractivity contribution in [3.05, 3.63) is 46.2 Å². The van der Waals surface area contributed by atoms with E-state index in [0.29, 0.717) is 27.4 Å². The van der Waals surface area contributed by atoms with E-state index in [1.165, 1.54) is 0 Å². The molecule has 0 aliphatic heterocycles. The number of methoxy groups -OCH3 is 1. The van der Waals surface area contributed by atoms with Crippen LogP contribution in [-0.2, 0) is 0 Å². The zero-order valence-electron chi connectivity index (χ0n) is 11.9. The number of fused-ring (bicyclic) bond motifs is 1. The molecular formula is C16H13Cl2N3O. The monoisotopic (exact) mass is 333 g/mol. The maximum atomic E-state index is 6.34. The van der Waals surface area contributed by atoms with Crippen LogP contribution in [0.5, 0.6) is 5.75 Å². The number of rotatable bonds is 3. The van der Waals surface area contributed by atoms with E-state index in [1.807, 2.05) is 28.8 Å². The van der Waals surface area contributed by atoms with Crippen LogP contribution < -0.4 is 4.74 Å². The minimum atomic E-state index is 0.471. The van der Waals surface area contributed by atoms with E-state index in [0.717, 1.165) is 29.9 Å². The van der Waals surface area contributed by atoms with Crippen LogP contribution in [-0.4, -0.2) is 21.7 Å². The first kappa shape index (κ1) is 13.9. The number of ether oxygens (including phenoxy) is 1. The molecule has 4 nitrogen and oxygen atoms in total. The highest BCUT2D eigenvalue weighted by Gasteiger charge is 2.29. The zero-order chi connectivity index (χ0) is 15.3. The van der Waals surface area contributed by atoms with Crippen LogP contribution in [0.1, 0.15) is 24.6 Å². The van der Waals surface area contributed by atoms with E-state index in [4.69, 9.17) is 27.9 Å². The lowest BCUT2D eigenvalue weighted by Gasteiger charge is -2.09.